The topological polar surface area (TPSA) is 49.4 Å². The van der Waals surface area contributed by atoms with E-state index in [9.17, 15) is 9.59 Å². The van der Waals surface area contributed by atoms with Crippen LogP contribution in [0.1, 0.15) is 6.92 Å². The van der Waals surface area contributed by atoms with E-state index < -0.39 is 11.9 Å². The van der Waals surface area contributed by atoms with Gasteiger partial charge in [0.1, 0.15) is 0 Å². The molecule has 0 atom stereocenters. The Hall–Kier alpha value is -0.480. The predicted molar refractivity (Wildman–Crippen MR) is 32.8 cm³/mol. The van der Waals surface area contributed by atoms with E-state index in [1.807, 2.05) is 0 Å². The van der Waals surface area contributed by atoms with Gasteiger partial charge in [0, 0.05) is 30.5 Å². The zero-order chi connectivity index (χ0) is 7.44. The van der Waals surface area contributed by atoms with E-state index in [0.717, 1.165) is 6.92 Å². The minimum atomic E-state index is -0.856. The first-order valence-electron chi connectivity index (χ1n) is 1.96. The van der Waals surface area contributed by atoms with Crippen LogP contribution in [-0.4, -0.2) is 16.4 Å². The van der Waals surface area contributed by atoms with Gasteiger partial charge in [0.25, 0.3) is 0 Å². The number of halogens is 2. The van der Waals surface area contributed by atoms with Crippen LogP contribution in [0.5, 0.6) is 0 Å². The van der Waals surface area contributed by atoms with Crippen molar-refractivity contribution in [1.82, 2.24) is 9.25 Å². The zero-order valence-electron chi connectivity index (χ0n) is 4.52. The molecule has 0 aromatic rings. The minimum Gasteiger partial charge on any atom is -0.273 e. The van der Waals surface area contributed by atoms with Crippen LogP contribution in [0.3, 0.4) is 0 Å². The van der Waals surface area contributed by atoms with Crippen LogP contribution in [0.15, 0.2) is 0 Å². The highest BCUT2D eigenvalue weighted by Gasteiger charge is 2.12. The number of hydrogen-bond donors (Lipinski definition) is 1. The summed E-state index contributed by atoms with van der Waals surface area (Å²) in [6.07, 6.45) is 0. The van der Waals surface area contributed by atoms with Crippen LogP contribution in [0, 0.1) is 0 Å². The molecular formula is C3H4Cl2N2O2. The molecule has 0 aromatic carbocycles. The number of nitrogens with one attached hydrogen (secondary N) is 1. The van der Waals surface area contributed by atoms with Crippen molar-refractivity contribution in [2.75, 3.05) is 0 Å². The number of rotatable bonds is 0. The van der Waals surface area contributed by atoms with E-state index in [0.29, 0.717) is 4.42 Å². The molecule has 0 heterocycles. The fourth-order valence-electron chi connectivity index (χ4n) is 0.180. The van der Waals surface area contributed by atoms with Gasteiger partial charge < -0.3 is 0 Å². The van der Waals surface area contributed by atoms with E-state index in [2.05, 4.69) is 0 Å². The van der Waals surface area contributed by atoms with Crippen molar-refractivity contribution in [2.45, 2.75) is 6.92 Å². The average Bonchev–Trinajstić information content (AvgIpc) is 1.84. The first-order chi connectivity index (χ1) is 4.09. The van der Waals surface area contributed by atoms with Crippen molar-refractivity contribution in [3.8, 4) is 0 Å². The van der Waals surface area contributed by atoms with Gasteiger partial charge in [0.05, 0.1) is 0 Å². The van der Waals surface area contributed by atoms with Crippen molar-refractivity contribution in [1.29, 1.82) is 0 Å². The quantitative estimate of drug-likeness (QED) is 0.549. The monoisotopic (exact) mass is 170 g/mol. The minimum absolute atomic E-state index is 0.340. The molecule has 1 N–H and O–H groups in total. The molecule has 0 unspecified atom stereocenters. The van der Waals surface area contributed by atoms with Crippen molar-refractivity contribution < 1.29 is 9.59 Å². The van der Waals surface area contributed by atoms with E-state index in [1.165, 1.54) is 0 Å². The molecule has 3 amide bonds. The maximum absolute atomic E-state index is 10.3. The van der Waals surface area contributed by atoms with Gasteiger partial charge in [0.15, 0.2) is 0 Å². The number of carbonyl (C=O) groups excluding carboxylic acids is 2. The van der Waals surface area contributed by atoms with Gasteiger partial charge in [-0.15, -0.1) is 0 Å². The summed E-state index contributed by atoms with van der Waals surface area (Å²) in [5, 5.41) is 0. The molecule has 0 spiro atoms. The van der Waals surface area contributed by atoms with Crippen LogP contribution in [0.2, 0.25) is 0 Å². The maximum atomic E-state index is 10.3. The Morgan fingerprint density at radius 3 is 2.11 bits per heavy atom. The third kappa shape index (κ3) is 2.53. The number of imide groups is 1. The highest BCUT2D eigenvalue weighted by molar-refractivity contribution is 6.33. The smallest absolute Gasteiger partial charge is 0.273 e. The highest BCUT2D eigenvalue weighted by atomic mass is 35.5. The molecule has 4 nitrogen and oxygen atoms in total. The second-order valence-corrected chi connectivity index (χ2v) is 1.73. The summed E-state index contributed by atoms with van der Waals surface area (Å²) in [7, 11) is 0. The molecule has 52 valence electrons. The van der Waals surface area contributed by atoms with Crippen molar-refractivity contribution in [3.63, 3.8) is 0 Å². The molecule has 6 heteroatoms. The second-order valence-electron chi connectivity index (χ2n) is 1.20. The Morgan fingerprint density at radius 2 is 2.00 bits per heavy atom. The fourth-order valence-corrected chi connectivity index (χ4v) is 0.350. The van der Waals surface area contributed by atoms with Gasteiger partial charge in [-0.1, -0.05) is 0 Å². The molecule has 0 saturated carbocycles. The predicted octanol–water partition coefficient (Wildman–Crippen LogP) is 0.852. The summed E-state index contributed by atoms with van der Waals surface area (Å²) in [4.78, 5) is 22.2. The summed E-state index contributed by atoms with van der Waals surface area (Å²) >= 11 is 9.87. The summed E-state index contributed by atoms with van der Waals surface area (Å²) < 4.78 is 0.340. The van der Waals surface area contributed by atoms with E-state index in [1.54, 1.807) is 4.84 Å². The molecule has 0 aliphatic rings. The zero-order valence-corrected chi connectivity index (χ0v) is 6.03. The SMILES string of the molecule is CC(=O)N(Cl)C(=O)NCl. The highest BCUT2D eigenvalue weighted by Crippen LogP contribution is 1.94. The van der Waals surface area contributed by atoms with Gasteiger partial charge in [-0.3, -0.25) is 4.79 Å². The molecule has 0 aliphatic heterocycles. The third-order valence-corrected chi connectivity index (χ3v) is 1.09. The fraction of sp³-hybridized carbons (Fsp3) is 0.333. The van der Waals surface area contributed by atoms with Crippen molar-refractivity contribution in [2.24, 2.45) is 0 Å². The molecule has 0 aromatic heterocycles. The Bertz CT molecular complexity index is 138. The van der Waals surface area contributed by atoms with Crippen LogP contribution in [0.4, 0.5) is 4.79 Å². The van der Waals surface area contributed by atoms with Gasteiger partial charge in [0.2, 0.25) is 5.91 Å². The third-order valence-electron chi connectivity index (χ3n) is 0.536. The number of amides is 3. The lowest BCUT2D eigenvalue weighted by Crippen LogP contribution is -2.31. The first kappa shape index (κ1) is 8.52. The van der Waals surface area contributed by atoms with Crippen molar-refractivity contribution in [3.05, 3.63) is 0 Å². The standard InChI is InChI=1S/C3H4Cl2N2O2/c1-2(8)7(5)3(9)6-4/h1H3,(H,6,9). The molecule has 0 radical (unpaired) electrons. The Kier molecular flexibility index (Phi) is 3.34. The van der Waals surface area contributed by atoms with Crippen LogP contribution < -0.4 is 4.84 Å². The maximum Gasteiger partial charge on any atom is 0.353 e. The molecule has 0 rings (SSSR count). The van der Waals surface area contributed by atoms with Crippen LogP contribution in [0.25, 0.3) is 0 Å². The molecule has 0 bridgehead atoms. The Labute approximate surface area is 61.9 Å². The van der Waals surface area contributed by atoms with Gasteiger partial charge in [-0.25, -0.2) is 9.63 Å². The molecule has 0 fully saturated rings. The summed E-state index contributed by atoms with van der Waals surface area (Å²) in [6, 6.07) is -0.856. The summed E-state index contributed by atoms with van der Waals surface area (Å²) in [6.45, 7) is 1.14. The van der Waals surface area contributed by atoms with Gasteiger partial charge in [-0.2, -0.15) is 4.42 Å². The molecular weight excluding hydrogens is 167 g/mol. The molecule has 0 saturated heterocycles. The lowest BCUT2D eigenvalue weighted by Gasteiger charge is -2.04. The largest absolute Gasteiger partial charge is 0.353 e. The molecule has 0 aliphatic carbocycles. The number of hydrogen-bond acceptors (Lipinski definition) is 2. The number of carbonyl (C=O) groups is 2. The van der Waals surface area contributed by atoms with Crippen LogP contribution >= 0.6 is 23.6 Å². The van der Waals surface area contributed by atoms with E-state index in [-0.39, 0.29) is 0 Å². The normalized spacial score (nSPS) is 8.33. The van der Waals surface area contributed by atoms with Crippen molar-refractivity contribution >= 4 is 35.5 Å². The average molecular weight is 171 g/mol. The van der Waals surface area contributed by atoms with Gasteiger partial charge in [-0.05, 0) is 0 Å². The summed E-state index contributed by atoms with van der Waals surface area (Å²) in [5.74, 6) is -0.588. The lowest BCUT2D eigenvalue weighted by atomic mass is 10.7. The Morgan fingerprint density at radius 1 is 1.56 bits per heavy atom. The summed E-state index contributed by atoms with van der Waals surface area (Å²) in [5.41, 5.74) is 0. The van der Waals surface area contributed by atoms with Crippen LogP contribution in [-0.2, 0) is 4.79 Å². The van der Waals surface area contributed by atoms with Gasteiger partial charge >= 0.3 is 6.03 Å². The van der Waals surface area contributed by atoms with E-state index in [4.69, 9.17) is 23.6 Å². The van der Waals surface area contributed by atoms with E-state index >= 15 is 0 Å². The number of urea groups is 1. The number of nitrogens with zero attached hydrogens (tertiary/aromatic N) is 1. The Balaban J connectivity index is 3.88. The first-order valence-corrected chi connectivity index (χ1v) is 2.68. The molecule has 9 heavy (non-hydrogen) atoms. The second kappa shape index (κ2) is 3.53. The lowest BCUT2D eigenvalue weighted by molar-refractivity contribution is -0.122.